The summed E-state index contributed by atoms with van der Waals surface area (Å²) in [6, 6.07) is 13.5. The van der Waals surface area contributed by atoms with Crippen molar-refractivity contribution in [1.29, 1.82) is 0 Å². The van der Waals surface area contributed by atoms with Crippen LogP contribution >= 0.6 is 0 Å². The first-order valence-electron chi connectivity index (χ1n) is 9.96. The van der Waals surface area contributed by atoms with E-state index in [-0.39, 0.29) is 28.8 Å². The summed E-state index contributed by atoms with van der Waals surface area (Å²) in [5.41, 5.74) is 7.02. The predicted octanol–water partition coefficient (Wildman–Crippen LogP) is 2.88. The van der Waals surface area contributed by atoms with E-state index in [1.165, 1.54) is 4.31 Å². The second-order valence-electron chi connectivity index (χ2n) is 7.67. The molecule has 1 fully saturated rings. The van der Waals surface area contributed by atoms with Gasteiger partial charge in [0.25, 0.3) is 5.91 Å². The molecule has 162 valence electrons. The molecule has 0 aliphatic carbocycles. The minimum Gasteiger partial charge on any atom is -0.449 e. The fourth-order valence-electron chi connectivity index (χ4n) is 3.80. The minimum absolute atomic E-state index is 0.0593. The van der Waals surface area contributed by atoms with E-state index < -0.39 is 21.8 Å². The van der Waals surface area contributed by atoms with Gasteiger partial charge in [-0.25, -0.2) is 8.42 Å². The Morgan fingerprint density at radius 3 is 2.55 bits per heavy atom. The van der Waals surface area contributed by atoms with Crippen LogP contribution in [0.2, 0.25) is 0 Å². The molecule has 1 aliphatic rings. The molecule has 1 saturated heterocycles. The van der Waals surface area contributed by atoms with E-state index in [2.05, 4.69) is 5.32 Å². The maximum Gasteiger partial charge on any atom is 0.286 e. The molecule has 1 aliphatic heterocycles. The number of fused-ring (bicyclic) bond motifs is 1. The molecule has 0 saturated carbocycles. The van der Waals surface area contributed by atoms with Gasteiger partial charge in [0.05, 0.1) is 10.8 Å². The zero-order valence-electron chi connectivity index (χ0n) is 17.0. The predicted molar refractivity (Wildman–Crippen MR) is 116 cm³/mol. The van der Waals surface area contributed by atoms with Gasteiger partial charge < -0.3 is 15.5 Å². The fourth-order valence-corrected chi connectivity index (χ4v) is 5.33. The van der Waals surface area contributed by atoms with Gasteiger partial charge in [0.15, 0.2) is 0 Å². The first-order chi connectivity index (χ1) is 14.8. The molecule has 3 N–H and O–H groups in total. The molecule has 31 heavy (non-hydrogen) atoms. The Bertz CT molecular complexity index is 1250. The number of para-hydroxylation sites is 1. The zero-order chi connectivity index (χ0) is 22.2. The maximum atomic E-state index is 13.0. The highest BCUT2D eigenvalue weighted by atomic mass is 32.2. The number of aryl methyl sites for hydroxylation is 1. The van der Waals surface area contributed by atoms with Gasteiger partial charge in [-0.05, 0) is 44.0 Å². The van der Waals surface area contributed by atoms with Gasteiger partial charge in [-0.1, -0.05) is 29.8 Å². The van der Waals surface area contributed by atoms with Crippen molar-refractivity contribution < 1.29 is 22.4 Å². The quantitative estimate of drug-likeness (QED) is 0.630. The lowest BCUT2D eigenvalue weighted by Gasteiger charge is -2.31. The third kappa shape index (κ3) is 4.06. The third-order valence-corrected chi connectivity index (χ3v) is 7.36. The number of nitrogens with two attached hydrogens (primary N) is 1. The van der Waals surface area contributed by atoms with Gasteiger partial charge >= 0.3 is 0 Å². The second kappa shape index (κ2) is 8.16. The number of primary amides is 1. The lowest BCUT2D eigenvalue weighted by atomic mass is 9.98. The molecular formula is C22H23N3O5S. The SMILES string of the molecule is Cc1ccc(S(=O)(=O)N2CCCC(C(=O)Nc3c(C(N)=O)oc4ccccc34)C2)cc1. The lowest BCUT2D eigenvalue weighted by Crippen LogP contribution is -2.43. The van der Waals surface area contributed by atoms with Crippen molar-refractivity contribution in [1.82, 2.24) is 4.31 Å². The van der Waals surface area contributed by atoms with Gasteiger partial charge in [0.2, 0.25) is 21.7 Å². The van der Waals surface area contributed by atoms with Crippen LogP contribution in [0.25, 0.3) is 11.0 Å². The van der Waals surface area contributed by atoms with Crippen LogP contribution in [-0.2, 0) is 14.8 Å². The van der Waals surface area contributed by atoms with E-state index in [0.717, 1.165) is 5.56 Å². The number of carbonyl (C=O) groups is 2. The molecule has 3 aromatic rings. The van der Waals surface area contributed by atoms with Crippen LogP contribution in [0.15, 0.2) is 57.8 Å². The Balaban J connectivity index is 1.56. The minimum atomic E-state index is -3.70. The third-order valence-electron chi connectivity index (χ3n) is 5.48. The summed E-state index contributed by atoms with van der Waals surface area (Å²) in [7, 11) is -3.70. The summed E-state index contributed by atoms with van der Waals surface area (Å²) in [5.74, 6) is -1.87. The highest BCUT2D eigenvalue weighted by molar-refractivity contribution is 7.89. The molecule has 1 unspecified atom stereocenters. The van der Waals surface area contributed by atoms with E-state index >= 15 is 0 Å². The Morgan fingerprint density at radius 2 is 1.84 bits per heavy atom. The molecule has 2 amide bonds. The highest BCUT2D eigenvalue weighted by Crippen LogP contribution is 2.32. The van der Waals surface area contributed by atoms with Crippen LogP contribution < -0.4 is 11.1 Å². The lowest BCUT2D eigenvalue weighted by molar-refractivity contribution is -0.120. The van der Waals surface area contributed by atoms with E-state index in [4.69, 9.17) is 10.2 Å². The zero-order valence-corrected chi connectivity index (χ0v) is 17.8. The molecular weight excluding hydrogens is 418 g/mol. The van der Waals surface area contributed by atoms with Crippen molar-refractivity contribution in [2.75, 3.05) is 18.4 Å². The Kier molecular flexibility index (Phi) is 5.55. The van der Waals surface area contributed by atoms with Gasteiger partial charge in [0, 0.05) is 18.5 Å². The first-order valence-corrected chi connectivity index (χ1v) is 11.4. The summed E-state index contributed by atoms with van der Waals surface area (Å²) < 4.78 is 32.9. The number of nitrogens with zero attached hydrogens (tertiary/aromatic N) is 1. The number of carbonyl (C=O) groups excluding carboxylic acids is 2. The number of piperidine rings is 1. The largest absolute Gasteiger partial charge is 0.449 e. The molecule has 8 nitrogen and oxygen atoms in total. The van der Waals surface area contributed by atoms with Crippen molar-refractivity contribution in [2.45, 2.75) is 24.7 Å². The van der Waals surface area contributed by atoms with Crippen LogP contribution in [0, 0.1) is 12.8 Å². The van der Waals surface area contributed by atoms with E-state index in [1.807, 2.05) is 6.92 Å². The van der Waals surface area contributed by atoms with E-state index in [9.17, 15) is 18.0 Å². The van der Waals surface area contributed by atoms with Gasteiger partial charge in [-0.15, -0.1) is 0 Å². The number of sulfonamides is 1. The van der Waals surface area contributed by atoms with Crippen LogP contribution in [-0.4, -0.2) is 37.6 Å². The summed E-state index contributed by atoms with van der Waals surface area (Å²) in [5, 5.41) is 3.31. The fraction of sp³-hybridized carbons (Fsp3) is 0.273. The average molecular weight is 442 g/mol. The van der Waals surface area contributed by atoms with Crippen LogP contribution in [0.3, 0.4) is 0 Å². The standard InChI is InChI=1S/C22H23N3O5S/c1-14-8-10-16(11-9-14)31(28,29)25-12-4-5-15(13-25)22(27)24-19-17-6-2-3-7-18(17)30-20(19)21(23)26/h2-3,6-11,15H,4-5,12-13H2,1H3,(H2,23,26)(H,24,27). The van der Waals surface area contributed by atoms with Crippen LogP contribution in [0.1, 0.15) is 29.0 Å². The van der Waals surface area contributed by atoms with Crippen molar-refractivity contribution in [3.05, 3.63) is 59.9 Å². The normalized spacial score (nSPS) is 17.5. The molecule has 2 heterocycles. The first kappa shape index (κ1) is 21.1. The number of hydrogen-bond acceptors (Lipinski definition) is 5. The highest BCUT2D eigenvalue weighted by Gasteiger charge is 2.34. The van der Waals surface area contributed by atoms with Crippen molar-refractivity contribution in [3.63, 3.8) is 0 Å². The number of anilines is 1. The van der Waals surface area contributed by atoms with Crippen LogP contribution in [0.5, 0.6) is 0 Å². The van der Waals surface area contributed by atoms with Gasteiger partial charge in [0.1, 0.15) is 11.3 Å². The summed E-state index contributed by atoms with van der Waals surface area (Å²) >= 11 is 0. The maximum absolute atomic E-state index is 13.0. The van der Waals surface area contributed by atoms with Crippen molar-refractivity contribution in [2.24, 2.45) is 11.7 Å². The van der Waals surface area contributed by atoms with Crippen LogP contribution in [0.4, 0.5) is 5.69 Å². The van der Waals surface area contributed by atoms with Gasteiger partial charge in [-0.2, -0.15) is 4.31 Å². The second-order valence-corrected chi connectivity index (χ2v) is 9.61. The number of hydrogen-bond donors (Lipinski definition) is 2. The number of furan rings is 1. The number of nitrogens with one attached hydrogen (secondary N) is 1. The molecule has 0 bridgehead atoms. The van der Waals surface area contributed by atoms with E-state index in [0.29, 0.717) is 30.4 Å². The summed E-state index contributed by atoms with van der Waals surface area (Å²) in [4.78, 5) is 25.0. The molecule has 1 atom stereocenters. The van der Waals surface area contributed by atoms with Crippen molar-refractivity contribution >= 4 is 38.5 Å². The number of benzene rings is 2. The molecule has 4 rings (SSSR count). The Labute approximate surface area is 180 Å². The molecule has 2 aromatic carbocycles. The molecule has 9 heteroatoms. The number of amides is 2. The smallest absolute Gasteiger partial charge is 0.286 e. The number of rotatable bonds is 5. The van der Waals surface area contributed by atoms with E-state index in [1.54, 1.807) is 48.5 Å². The summed E-state index contributed by atoms with van der Waals surface area (Å²) in [6.45, 7) is 2.29. The van der Waals surface area contributed by atoms with Crippen molar-refractivity contribution in [3.8, 4) is 0 Å². The average Bonchev–Trinajstić information content (AvgIpc) is 3.13. The topological polar surface area (TPSA) is 123 Å². The van der Waals surface area contributed by atoms with Gasteiger partial charge in [-0.3, -0.25) is 9.59 Å². The Morgan fingerprint density at radius 1 is 1.13 bits per heavy atom. The Hall–Kier alpha value is -3.17. The molecule has 0 radical (unpaired) electrons. The monoisotopic (exact) mass is 441 g/mol. The summed E-state index contributed by atoms with van der Waals surface area (Å²) in [6.07, 6.45) is 1.09. The molecule has 1 aromatic heterocycles. The molecule has 0 spiro atoms.